The van der Waals surface area contributed by atoms with Gasteiger partial charge in [-0.25, -0.2) is 4.98 Å². The van der Waals surface area contributed by atoms with Gasteiger partial charge in [-0.1, -0.05) is 37.3 Å². The van der Waals surface area contributed by atoms with Crippen LogP contribution in [0, 0.1) is 0 Å². The highest BCUT2D eigenvalue weighted by atomic mass is 16.6. The summed E-state index contributed by atoms with van der Waals surface area (Å²) in [5.74, 6) is 0.742. The average Bonchev–Trinajstić information content (AvgIpc) is 3.27. The minimum atomic E-state index is -1.24. The molecule has 3 aromatic rings. The molecule has 2 unspecified atom stereocenters. The quantitative estimate of drug-likeness (QED) is 0.392. The first-order chi connectivity index (χ1) is 14.0. The van der Waals surface area contributed by atoms with E-state index in [2.05, 4.69) is 39.3 Å². The zero-order chi connectivity index (χ0) is 20.5. The number of benzene rings is 1. The van der Waals surface area contributed by atoms with E-state index in [1.807, 2.05) is 18.2 Å². The molecule has 1 aliphatic heterocycles. The molecule has 3 heterocycles. The minimum absolute atomic E-state index is 0.0425. The Balaban J connectivity index is 1.60. The molecule has 1 saturated heterocycles. The van der Waals surface area contributed by atoms with Crippen LogP contribution in [0.25, 0.3) is 11.2 Å². The Kier molecular flexibility index (Phi) is 5.33. The molecule has 0 aliphatic carbocycles. The second kappa shape index (κ2) is 7.91. The zero-order valence-corrected chi connectivity index (χ0v) is 15.9. The monoisotopic (exact) mass is 400 g/mol. The van der Waals surface area contributed by atoms with Crippen LogP contribution < -0.4 is 11.1 Å². The highest BCUT2D eigenvalue weighted by Crippen LogP contribution is 2.32. The Morgan fingerprint density at radius 2 is 1.97 bits per heavy atom. The summed E-state index contributed by atoms with van der Waals surface area (Å²) in [6.07, 6.45) is -2.85. The van der Waals surface area contributed by atoms with Crippen LogP contribution in [-0.2, 0) is 4.74 Å². The number of aliphatic hydroxyl groups excluding tert-OH is 3. The molecule has 0 amide bonds. The lowest BCUT2D eigenvalue weighted by Gasteiger charge is -2.17. The van der Waals surface area contributed by atoms with Gasteiger partial charge in [0.25, 0.3) is 0 Å². The SMILES string of the molecule is CC(CNc1nc(N)nc2c1ncn2C1O[C@H](CO)[C@@H](O)[C@H]1O)c1ccccc1. The number of hydrogen-bond acceptors (Lipinski definition) is 9. The number of fused-ring (bicyclic) bond motifs is 1. The van der Waals surface area contributed by atoms with Crippen LogP contribution in [0.1, 0.15) is 24.6 Å². The predicted molar refractivity (Wildman–Crippen MR) is 106 cm³/mol. The fourth-order valence-corrected chi connectivity index (χ4v) is 3.50. The van der Waals surface area contributed by atoms with Gasteiger partial charge in [0.05, 0.1) is 12.9 Å². The second-order valence-electron chi connectivity index (χ2n) is 7.18. The molecule has 1 aliphatic rings. The van der Waals surface area contributed by atoms with Crippen LogP contribution in [0.4, 0.5) is 11.8 Å². The average molecular weight is 400 g/mol. The Morgan fingerprint density at radius 3 is 2.66 bits per heavy atom. The van der Waals surface area contributed by atoms with Crippen molar-refractivity contribution in [3.8, 4) is 0 Å². The number of anilines is 2. The number of rotatable bonds is 6. The van der Waals surface area contributed by atoms with E-state index < -0.39 is 31.1 Å². The van der Waals surface area contributed by atoms with E-state index in [-0.39, 0.29) is 11.9 Å². The largest absolute Gasteiger partial charge is 0.394 e. The molecule has 1 fully saturated rings. The minimum Gasteiger partial charge on any atom is -0.394 e. The van der Waals surface area contributed by atoms with Crippen molar-refractivity contribution >= 4 is 22.9 Å². The molecule has 154 valence electrons. The number of hydrogen-bond donors (Lipinski definition) is 5. The summed E-state index contributed by atoms with van der Waals surface area (Å²) in [5.41, 5.74) is 7.91. The van der Waals surface area contributed by atoms with Gasteiger partial charge in [0.2, 0.25) is 5.95 Å². The fourth-order valence-electron chi connectivity index (χ4n) is 3.50. The Morgan fingerprint density at radius 1 is 1.21 bits per heavy atom. The van der Waals surface area contributed by atoms with E-state index in [0.29, 0.717) is 23.5 Å². The molecule has 5 atom stereocenters. The van der Waals surface area contributed by atoms with Crippen molar-refractivity contribution in [2.45, 2.75) is 37.4 Å². The van der Waals surface area contributed by atoms with Crippen molar-refractivity contribution in [2.24, 2.45) is 0 Å². The summed E-state index contributed by atoms with van der Waals surface area (Å²) in [4.78, 5) is 12.8. The molecule has 0 spiro atoms. The van der Waals surface area contributed by atoms with E-state index in [1.165, 1.54) is 16.5 Å². The van der Waals surface area contributed by atoms with Gasteiger partial charge in [-0.2, -0.15) is 9.97 Å². The molecule has 1 aromatic carbocycles. The Labute approximate surface area is 167 Å². The molecule has 6 N–H and O–H groups in total. The third-order valence-electron chi connectivity index (χ3n) is 5.17. The van der Waals surface area contributed by atoms with Crippen molar-refractivity contribution in [3.63, 3.8) is 0 Å². The van der Waals surface area contributed by atoms with E-state index in [1.54, 1.807) is 0 Å². The van der Waals surface area contributed by atoms with Gasteiger partial charge in [0.1, 0.15) is 18.3 Å². The standard InChI is InChI=1S/C19H24N6O4/c1-10(11-5-3-2-4-6-11)7-21-16-13-17(24-19(20)23-16)25(9-22-13)18-15(28)14(27)12(8-26)29-18/h2-6,9-10,12,14-15,18,26-28H,7-8H2,1H3,(H3,20,21,23,24)/t10?,12-,14-,15-,18?/m1/s1. The first-order valence-electron chi connectivity index (χ1n) is 9.41. The summed E-state index contributed by atoms with van der Waals surface area (Å²) < 4.78 is 7.06. The van der Waals surface area contributed by atoms with Gasteiger partial charge in [0.15, 0.2) is 23.2 Å². The summed E-state index contributed by atoms with van der Waals surface area (Å²) in [6, 6.07) is 10.1. The predicted octanol–water partition coefficient (Wildman–Crippen LogP) is 0.236. The molecule has 10 heteroatoms. The van der Waals surface area contributed by atoms with Gasteiger partial charge >= 0.3 is 0 Å². The van der Waals surface area contributed by atoms with Gasteiger partial charge in [-0.15, -0.1) is 0 Å². The second-order valence-corrected chi connectivity index (χ2v) is 7.18. The lowest BCUT2D eigenvalue weighted by atomic mass is 10.0. The van der Waals surface area contributed by atoms with Crippen LogP contribution in [0.5, 0.6) is 0 Å². The van der Waals surface area contributed by atoms with Gasteiger partial charge < -0.3 is 31.1 Å². The lowest BCUT2D eigenvalue weighted by molar-refractivity contribution is -0.0511. The van der Waals surface area contributed by atoms with Crippen molar-refractivity contribution < 1.29 is 20.1 Å². The zero-order valence-electron chi connectivity index (χ0n) is 15.9. The third kappa shape index (κ3) is 3.62. The van der Waals surface area contributed by atoms with Crippen LogP contribution in [0.3, 0.4) is 0 Å². The van der Waals surface area contributed by atoms with E-state index in [0.717, 1.165) is 0 Å². The summed E-state index contributed by atoms with van der Waals surface area (Å²) >= 11 is 0. The molecular formula is C19H24N6O4. The topological polar surface area (TPSA) is 152 Å². The molecule has 10 nitrogen and oxygen atoms in total. The lowest BCUT2D eigenvalue weighted by Crippen LogP contribution is -2.33. The molecule has 0 bridgehead atoms. The van der Waals surface area contributed by atoms with Crippen LogP contribution in [0.2, 0.25) is 0 Å². The highest BCUT2D eigenvalue weighted by Gasteiger charge is 2.44. The van der Waals surface area contributed by atoms with Crippen LogP contribution in [0.15, 0.2) is 36.7 Å². The van der Waals surface area contributed by atoms with Crippen molar-refractivity contribution in [1.29, 1.82) is 0 Å². The number of ether oxygens (including phenoxy) is 1. The van der Waals surface area contributed by atoms with E-state index in [9.17, 15) is 15.3 Å². The van der Waals surface area contributed by atoms with Crippen LogP contribution in [-0.4, -0.2) is 66.3 Å². The summed E-state index contributed by atoms with van der Waals surface area (Å²) in [5, 5.41) is 32.9. The molecule has 0 radical (unpaired) electrons. The van der Waals surface area contributed by atoms with Gasteiger partial charge in [0, 0.05) is 6.54 Å². The molecule has 0 saturated carbocycles. The maximum absolute atomic E-state index is 10.3. The van der Waals surface area contributed by atoms with Crippen LogP contribution >= 0.6 is 0 Å². The number of aliphatic hydroxyl groups is 3. The van der Waals surface area contributed by atoms with Crippen molar-refractivity contribution in [2.75, 3.05) is 24.2 Å². The number of aromatic nitrogens is 4. The molecular weight excluding hydrogens is 376 g/mol. The van der Waals surface area contributed by atoms with Crippen molar-refractivity contribution in [1.82, 2.24) is 19.5 Å². The summed E-state index contributed by atoms with van der Waals surface area (Å²) in [7, 11) is 0. The van der Waals surface area contributed by atoms with Gasteiger partial charge in [-0.3, -0.25) is 4.57 Å². The maximum atomic E-state index is 10.3. The number of nitrogens with two attached hydrogens (primary N) is 1. The molecule has 2 aromatic heterocycles. The smallest absolute Gasteiger partial charge is 0.224 e. The summed E-state index contributed by atoms with van der Waals surface area (Å²) in [6.45, 7) is 2.29. The Hall–Kier alpha value is -2.79. The first-order valence-corrected chi connectivity index (χ1v) is 9.41. The fraction of sp³-hybridized carbons (Fsp3) is 0.421. The number of imidazole rings is 1. The molecule has 29 heavy (non-hydrogen) atoms. The number of nitrogens with zero attached hydrogens (tertiary/aromatic N) is 4. The van der Waals surface area contributed by atoms with E-state index >= 15 is 0 Å². The van der Waals surface area contributed by atoms with E-state index in [4.69, 9.17) is 10.5 Å². The highest BCUT2D eigenvalue weighted by molar-refractivity contribution is 5.84. The van der Waals surface area contributed by atoms with Crippen molar-refractivity contribution in [3.05, 3.63) is 42.2 Å². The maximum Gasteiger partial charge on any atom is 0.224 e. The normalized spacial score (nSPS) is 25.4. The Bertz CT molecular complexity index is 981. The third-order valence-corrected chi connectivity index (χ3v) is 5.17. The number of nitrogen functional groups attached to an aromatic ring is 1. The first kappa shape index (κ1) is 19.5. The van der Waals surface area contributed by atoms with Gasteiger partial charge in [-0.05, 0) is 11.5 Å². The number of nitrogens with one attached hydrogen (secondary N) is 1. The molecule has 4 rings (SSSR count).